The zero-order valence-corrected chi connectivity index (χ0v) is 12.5. The number of carbonyl (C=O) groups excluding carboxylic acids is 1. The molecule has 2 N–H and O–H groups in total. The fourth-order valence-electron chi connectivity index (χ4n) is 2.57. The maximum Gasteiger partial charge on any atom is 0.272 e. The minimum absolute atomic E-state index is 0.121. The van der Waals surface area contributed by atoms with Crippen LogP contribution in [0.2, 0.25) is 0 Å². The summed E-state index contributed by atoms with van der Waals surface area (Å²) >= 11 is 0. The van der Waals surface area contributed by atoms with Crippen molar-refractivity contribution in [2.24, 2.45) is 0 Å². The number of hydrogen-bond donors (Lipinski definition) is 2. The normalized spacial score (nSPS) is 14.3. The van der Waals surface area contributed by atoms with E-state index in [0.717, 1.165) is 11.1 Å². The molecule has 3 rings (SSSR count). The number of aliphatic hydroxyl groups excluding tert-OH is 1. The molecular weight excluding hydrogens is 282 g/mol. The van der Waals surface area contributed by atoms with Crippen LogP contribution in [0.3, 0.4) is 0 Å². The highest BCUT2D eigenvalue weighted by molar-refractivity contribution is 5.92. The van der Waals surface area contributed by atoms with Gasteiger partial charge in [0.2, 0.25) is 5.88 Å². The standard InChI is InChI=1S/C16H19N3O3/c1-11-3-2-4-12(7-11)8-13(10-20)17-16(21)14-9-15-19(18-14)5-6-22-15/h2-4,7,9,13,20H,5-6,8,10H2,1H3,(H,17,21). The van der Waals surface area contributed by atoms with E-state index in [4.69, 9.17) is 4.74 Å². The number of rotatable bonds is 5. The zero-order valence-electron chi connectivity index (χ0n) is 12.5. The van der Waals surface area contributed by atoms with Crippen LogP contribution in [-0.4, -0.2) is 40.0 Å². The summed E-state index contributed by atoms with van der Waals surface area (Å²) < 4.78 is 7.01. The summed E-state index contributed by atoms with van der Waals surface area (Å²) in [7, 11) is 0. The van der Waals surface area contributed by atoms with E-state index in [1.54, 1.807) is 10.7 Å². The minimum Gasteiger partial charge on any atom is -0.476 e. The Morgan fingerprint density at radius 2 is 2.36 bits per heavy atom. The van der Waals surface area contributed by atoms with E-state index in [-0.39, 0.29) is 18.6 Å². The zero-order chi connectivity index (χ0) is 15.5. The van der Waals surface area contributed by atoms with Crippen molar-refractivity contribution < 1.29 is 14.6 Å². The molecule has 1 amide bonds. The van der Waals surface area contributed by atoms with E-state index in [2.05, 4.69) is 10.4 Å². The Morgan fingerprint density at radius 3 is 3.09 bits per heavy atom. The monoisotopic (exact) mass is 301 g/mol. The van der Waals surface area contributed by atoms with Crippen molar-refractivity contribution in [3.8, 4) is 5.88 Å². The number of nitrogens with one attached hydrogen (secondary N) is 1. The topological polar surface area (TPSA) is 76.4 Å². The summed E-state index contributed by atoms with van der Waals surface area (Å²) in [6.07, 6.45) is 0.577. The lowest BCUT2D eigenvalue weighted by atomic mass is 10.0. The van der Waals surface area contributed by atoms with Gasteiger partial charge < -0.3 is 15.2 Å². The molecule has 0 radical (unpaired) electrons. The van der Waals surface area contributed by atoms with Crippen molar-refractivity contribution in [2.45, 2.75) is 25.9 Å². The Bertz CT molecular complexity index is 660. The molecule has 6 nitrogen and oxygen atoms in total. The highest BCUT2D eigenvalue weighted by Crippen LogP contribution is 2.18. The number of aromatic nitrogens is 2. The van der Waals surface area contributed by atoms with Gasteiger partial charge in [-0.25, -0.2) is 4.68 Å². The number of amides is 1. The van der Waals surface area contributed by atoms with Crippen molar-refractivity contribution in [3.63, 3.8) is 0 Å². The largest absolute Gasteiger partial charge is 0.476 e. The van der Waals surface area contributed by atoms with Gasteiger partial charge >= 0.3 is 0 Å². The first kappa shape index (κ1) is 14.6. The van der Waals surface area contributed by atoms with Crippen LogP contribution in [0.15, 0.2) is 30.3 Å². The SMILES string of the molecule is Cc1cccc(CC(CO)NC(=O)c2cc3n(n2)CCO3)c1. The first-order valence-corrected chi connectivity index (χ1v) is 7.33. The number of nitrogens with zero attached hydrogens (tertiary/aromatic N) is 2. The van der Waals surface area contributed by atoms with Gasteiger partial charge in [-0.15, -0.1) is 0 Å². The minimum atomic E-state index is -0.341. The molecule has 1 aromatic carbocycles. The molecule has 1 aliphatic rings. The Hall–Kier alpha value is -2.34. The lowest BCUT2D eigenvalue weighted by Crippen LogP contribution is -2.39. The van der Waals surface area contributed by atoms with Crippen LogP contribution in [0.1, 0.15) is 21.6 Å². The summed E-state index contributed by atoms with van der Waals surface area (Å²) in [6, 6.07) is 9.31. The van der Waals surface area contributed by atoms with E-state index >= 15 is 0 Å². The summed E-state index contributed by atoms with van der Waals surface area (Å²) in [5.41, 5.74) is 2.55. The van der Waals surface area contributed by atoms with Crippen molar-refractivity contribution in [1.82, 2.24) is 15.1 Å². The fraction of sp³-hybridized carbons (Fsp3) is 0.375. The maximum atomic E-state index is 12.2. The molecule has 1 unspecified atom stereocenters. The van der Waals surface area contributed by atoms with Gasteiger partial charge in [-0.05, 0) is 18.9 Å². The van der Waals surface area contributed by atoms with Crippen LogP contribution in [-0.2, 0) is 13.0 Å². The van der Waals surface area contributed by atoms with Crippen molar-refractivity contribution in [2.75, 3.05) is 13.2 Å². The van der Waals surface area contributed by atoms with E-state index in [1.807, 2.05) is 31.2 Å². The molecule has 0 aliphatic carbocycles. The molecule has 1 atom stereocenters. The second kappa shape index (κ2) is 6.19. The van der Waals surface area contributed by atoms with Crippen LogP contribution >= 0.6 is 0 Å². The molecule has 6 heteroatoms. The van der Waals surface area contributed by atoms with E-state index in [1.165, 1.54) is 0 Å². The lowest BCUT2D eigenvalue weighted by Gasteiger charge is -2.16. The number of ether oxygens (including phenoxy) is 1. The number of hydrogen-bond acceptors (Lipinski definition) is 4. The highest BCUT2D eigenvalue weighted by Gasteiger charge is 2.21. The predicted molar refractivity (Wildman–Crippen MR) is 80.9 cm³/mol. The van der Waals surface area contributed by atoms with Crippen LogP contribution in [0, 0.1) is 6.92 Å². The molecule has 1 aromatic heterocycles. The molecular formula is C16H19N3O3. The molecule has 0 fully saturated rings. The summed E-state index contributed by atoms with van der Waals surface area (Å²) in [5.74, 6) is 0.321. The first-order valence-electron chi connectivity index (χ1n) is 7.33. The Kier molecular flexibility index (Phi) is 4.11. The van der Waals surface area contributed by atoms with Gasteiger partial charge in [0.25, 0.3) is 5.91 Å². The van der Waals surface area contributed by atoms with Crippen LogP contribution in [0.4, 0.5) is 0 Å². The summed E-state index contributed by atoms with van der Waals surface area (Å²) in [5, 5.41) is 16.5. The van der Waals surface area contributed by atoms with E-state index < -0.39 is 0 Å². The highest BCUT2D eigenvalue weighted by atomic mass is 16.5. The smallest absolute Gasteiger partial charge is 0.272 e. The van der Waals surface area contributed by atoms with E-state index in [9.17, 15) is 9.90 Å². The summed E-state index contributed by atoms with van der Waals surface area (Å²) in [4.78, 5) is 12.2. The quantitative estimate of drug-likeness (QED) is 0.861. The Labute approximate surface area is 128 Å². The molecule has 1 aliphatic heterocycles. The third-order valence-electron chi connectivity index (χ3n) is 3.65. The molecule has 0 bridgehead atoms. The van der Waals surface area contributed by atoms with Crippen molar-refractivity contribution in [1.29, 1.82) is 0 Å². The number of fused-ring (bicyclic) bond motifs is 1. The third-order valence-corrected chi connectivity index (χ3v) is 3.65. The lowest BCUT2D eigenvalue weighted by molar-refractivity contribution is 0.0910. The number of aliphatic hydroxyl groups is 1. The van der Waals surface area contributed by atoms with E-state index in [0.29, 0.717) is 31.1 Å². The van der Waals surface area contributed by atoms with Gasteiger partial charge in [-0.3, -0.25) is 4.79 Å². The number of aryl methyl sites for hydroxylation is 1. The fourth-order valence-corrected chi connectivity index (χ4v) is 2.57. The second-order valence-electron chi connectivity index (χ2n) is 5.49. The maximum absolute atomic E-state index is 12.2. The van der Waals surface area contributed by atoms with Crippen molar-refractivity contribution >= 4 is 5.91 Å². The molecule has 0 spiro atoms. The van der Waals surface area contributed by atoms with Crippen molar-refractivity contribution in [3.05, 3.63) is 47.2 Å². The molecule has 2 heterocycles. The molecule has 2 aromatic rings. The molecule has 22 heavy (non-hydrogen) atoms. The van der Waals surface area contributed by atoms with Crippen LogP contribution < -0.4 is 10.1 Å². The summed E-state index contributed by atoms with van der Waals surface area (Å²) in [6.45, 7) is 3.15. The number of carbonyl (C=O) groups is 1. The Morgan fingerprint density at radius 1 is 1.50 bits per heavy atom. The Balaban J connectivity index is 1.65. The van der Waals surface area contributed by atoms with Crippen LogP contribution in [0.25, 0.3) is 0 Å². The average molecular weight is 301 g/mol. The van der Waals surface area contributed by atoms with Gasteiger partial charge in [-0.1, -0.05) is 29.8 Å². The second-order valence-corrected chi connectivity index (χ2v) is 5.49. The number of benzene rings is 1. The van der Waals surface area contributed by atoms with Gasteiger partial charge in [-0.2, -0.15) is 5.10 Å². The molecule has 0 saturated heterocycles. The van der Waals surface area contributed by atoms with Gasteiger partial charge in [0.15, 0.2) is 5.69 Å². The average Bonchev–Trinajstić information content (AvgIpc) is 3.07. The molecule has 0 saturated carbocycles. The molecule has 116 valence electrons. The van der Waals surface area contributed by atoms with Gasteiger partial charge in [0, 0.05) is 6.07 Å². The van der Waals surface area contributed by atoms with Crippen LogP contribution in [0.5, 0.6) is 5.88 Å². The van der Waals surface area contributed by atoms with Gasteiger partial charge in [0.05, 0.1) is 19.2 Å². The third kappa shape index (κ3) is 3.12. The first-order chi connectivity index (χ1) is 10.7. The predicted octanol–water partition coefficient (Wildman–Crippen LogP) is 0.917. The van der Waals surface area contributed by atoms with Gasteiger partial charge in [0.1, 0.15) is 6.61 Å².